The van der Waals surface area contributed by atoms with Crippen LogP contribution in [0.5, 0.6) is 0 Å². The van der Waals surface area contributed by atoms with Crippen molar-refractivity contribution in [2.24, 2.45) is 0 Å². The van der Waals surface area contributed by atoms with Crippen molar-refractivity contribution < 1.29 is 0 Å². The highest BCUT2D eigenvalue weighted by Gasteiger charge is 2.14. The van der Waals surface area contributed by atoms with E-state index in [1.54, 1.807) is 0 Å². The average Bonchev–Trinajstić information content (AvgIpc) is 3.31. The molecule has 7 aromatic rings. The third-order valence-corrected chi connectivity index (χ3v) is 7.96. The van der Waals surface area contributed by atoms with E-state index < -0.39 is 0 Å². The first kappa shape index (κ1) is 20.9. The number of thiophene rings is 1. The molecule has 0 aliphatic rings. The van der Waals surface area contributed by atoms with Crippen molar-refractivity contribution >= 4 is 59.3 Å². The predicted octanol–water partition coefficient (Wildman–Crippen LogP) is 10.3. The summed E-state index contributed by atoms with van der Waals surface area (Å²) in [5.41, 5.74) is 5.89. The highest BCUT2D eigenvalue weighted by molar-refractivity contribution is 7.25. The highest BCUT2D eigenvalue weighted by Crippen LogP contribution is 2.40. The van der Waals surface area contributed by atoms with E-state index in [0.29, 0.717) is 0 Å². The summed E-state index contributed by atoms with van der Waals surface area (Å²) in [6.07, 6.45) is 0. The summed E-state index contributed by atoms with van der Waals surface area (Å²) in [7, 11) is 0. The van der Waals surface area contributed by atoms with Crippen molar-refractivity contribution in [3.8, 4) is 11.1 Å². The van der Waals surface area contributed by atoms with E-state index in [1.165, 1.54) is 42.1 Å². The standard InChI is InChI=1S/C34H23NS/c1-3-9-24(10-4-1)25-15-18-29(19-16-25)35(28-11-5-2-6-12-28)30-20-17-26-22-32-31-13-7-8-14-33(31)36-34(32)23-27(26)21-30/h1-23H. The summed E-state index contributed by atoms with van der Waals surface area (Å²) < 4.78 is 2.67. The Morgan fingerprint density at radius 1 is 0.389 bits per heavy atom. The van der Waals surface area contributed by atoms with E-state index in [1.807, 2.05) is 11.3 Å². The van der Waals surface area contributed by atoms with Gasteiger partial charge in [0.15, 0.2) is 0 Å². The van der Waals surface area contributed by atoms with Gasteiger partial charge in [-0.05, 0) is 76.5 Å². The fourth-order valence-corrected chi connectivity index (χ4v) is 6.19. The van der Waals surface area contributed by atoms with Gasteiger partial charge in [-0.1, -0.05) is 84.9 Å². The fraction of sp³-hybridized carbons (Fsp3) is 0. The smallest absolute Gasteiger partial charge is 0.0468 e. The molecule has 0 aliphatic heterocycles. The lowest BCUT2D eigenvalue weighted by Crippen LogP contribution is -2.09. The zero-order valence-electron chi connectivity index (χ0n) is 19.6. The number of fused-ring (bicyclic) bond motifs is 4. The maximum Gasteiger partial charge on any atom is 0.0468 e. The molecule has 0 N–H and O–H groups in total. The summed E-state index contributed by atoms with van der Waals surface area (Å²) in [6.45, 7) is 0. The second-order valence-corrected chi connectivity index (χ2v) is 10.1. The topological polar surface area (TPSA) is 3.24 Å². The predicted molar refractivity (Wildman–Crippen MR) is 157 cm³/mol. The zero-order chi connectivity index (χ0) is 23.9. The Bertz CT molecular complexity index is 1820. The molecular weight excluding hydrogens is 454 g/mol. The minimum Gasteiger partial charge on any atom is -0.310 e. The molecule has 7 rings (SSSR count). The van der Waals surface area contributed by atoms with Crippen LogP contribution in [0.4, 0.5) is 17.1 Å². The van der Waals surface area contributed by atoms with Crippen LogP contribution in [0.2, 0.25) is 0 Å². The zero-order valence-corrected chi connectivity index (χ0v) is 20.5. The normalized spacial score (nSPS) is 11.3. The Morgan fingerprint density at radius 2 is 1.03 bits per heavy atom. The molecule has 0 amide bonds. The quantitative estimate of drug-likeness (QED) is 0.244. The lowest BCUT2D eigenvalue weighted by atomic mass is 10.0. The molecular formula is C34H23NS. The van der Waals surface area contributed by atoms with Crippen molar-refractivity contribution in [3.63, 3.8) is 0 Å². The van der Waals surface area contributed by atoms with Crippen molar-refractivity contribution in [1.82, 2.24) is 0 Å². The van der Waals surface area contributed by atoms with Gasteiger partial charge in [-0.3, -0.25) is 0 Å². The van der Waals surface area contributed by atoms with E-state index in [2.05, 4.69) is 144 Å². The second kappa shape index (κ2) is 8.67. The van der Waals surface area contributed by atoms with Crippen LogP contribution < -0.4 is 4.90 Å². The monoisotopic (exact) mass is 477 g/mol. The number of hydrogen-bond acceptors (Lipinski definition) is 2. The van der Waals surface area contributed by atoms with Crippen LogP contribution in [0.1, 0.15) is 0 Å². The first-order valence-electron chi connectivity index (χ1n) is 12.2. The summed E-state index contributed by atoms with van der Waals surface area (Å²) in [5, 5.41) is 5.20. The van der Waals surface area contributed by atoms with Gasteiger partial charge >= 0.3 is 0 Å². The van der Waals surface area contributed by atoms with Gasteiger partial charge in [0.25, 0.3) is 0 Å². The van der Waals surface area contributed by atoms with Gasteiger partial charge in [0.2, 0.25) is 0 Å². The van der Waals surface area contributed by atoms with Gasteiger partial charge in [-0.25, -0.2) is 0 Å². The van der Waals surface area contributed by atoms with E-state index in [4.69, 9.17) is 0 Å². The lowest BCUT2D eigenvalue weighted by Gasteiger charge is -2.26. The molecule has 0 aliphatic carbocycles. The number of benzene rings is 6. The Balaban J connectivity index is 1.36. The maximum absolute atomic E-state index is 2.35. The summed E-state index contributed by atoms with van der Waals surface area (Å²) in [6, 6.07) is 50.2. The van der Waals surface area contributed by atoms with E-state index >= 15 is 0 Å². The van der Waals surface area contributed by atoms with Crippen LogP contribution in [-0.4, -0.2) is 0 Å². The average molecular weight is 478 g/mol. The van der Waals surface area contributed by atoms with Crippen molar-refractivity contribution in [3.05, 3.63) is 140 Å². The van der Waals surface area contributed by atoms with E-state index in [-0.39, 0.29) is 0 Å². The Hall–Kier alpha value is -4.40. The molecule has 0 atom stereocenters. The molecule has 1 nitrogen and oxygen atoms in total. The first-order chi connectivity index (χ1) is 17.8. The molecule has 1 aromatic heterocycles. The van der Waals surface area contributed by atoms with E-state index in [0.717, 1.165) is 17.1 Å². The highest BCUT2D eigenvalue weighted by atomic mass is 32.1. The molecule has 0 unspecified atom stereocenters. The summed E-state index contributed by atoms with van der Waals surface area (Å²) in [5.74, 6) is 0. The number of para-hydroxylation sites is 1. The van der Waals surface area contributed by atoms with Gasteiger partial charge < -0.3 is 4.90 Å². The fourth-order valence-electron chi connectivity index (χ4n) is 5.05. The van der Waals surface area contributed by atoms with Crippen LogP contribution in [-0.2, 0) is 0 Å². The van der Waals surface area contributed by atoms with Crippen LogP contribution in [0.3, 0.4) is 0 Å². The molecule has 0 saturated heterocycles. The SMILES string of the molecule is c1ccc(-c2ccc(N(c3ccccc3)c3ccc4cc5c(cc4c3)sc3ccccc35)cc2)cc1. The first-order valence-corrected chi connectivity index (χ1v) is 13.0. The van der Waals surface area contributed by atoms with Gasteiger partial charge in [0.05, 0.1) is 0 Å². The molecule has 0 radical (unpaired) electrons. The number of nitrogens with zero attached hydrogens (tertiary/aromatic N) is 1. The molecule has 0 fully saturated rings. The summed E-state index contributed by atoms with van der Waals surface area (Å²) in [4.78, 5) is 2.34. The van der Waals surface area contributed by atoms with Crippen LogP contribution in [0.15, 0.2) is 140 Å². The molecule has 170 valence electrons. The van der Waals surface area contributed by atoms with Crippen LogP contribution in [0.25, 0.3) is 42.1 Å². The largest absolute Gasteiger partial charge is 0.310 e. The van der Waals surface area contributed by atoms with Gasteiger partial charge in [0.1, 0.15) is 0 Å². The van der Waals surface area contributed by atoms with Gasteiger partial charge in [-0.15, -0.1) is 11.3 Å². The summed E-state index contributed by atoms with van der Waals surface area (Å²) >= 11 is 1.87. The molecule has 6 aromatic carbocycles. The molecule has 0 saturated carbocycles. The molecule has 0 spiro atoms. The van der Waals surface area contributed by atoms with Gasteiger partial charge in [0, 0.05) is 37.2 Å². The molecule has 2 heteroatoms. The number of rotatable bonds is 4. The van der Waals surface area contributed by atoms with Crippen molar-refractivity contribution in [2.45, 2.75) is 0 Å². The van der Waals surface area contributed by atoms with Gasteiger partial charge in [-0.2, -0.15) is 0 Å². The third-order valence-electron chi connectivity index (χ3n) is 6.82. The van der Waals surface area contributed by atoms with E-state index in [9.17, 15) is 0 Å². The second-order valence-electron chi connectivity index (χ2n) is 9.06. The number of hydrogen-bond donors (Lipinski definition) is 0. The third kappa shape index (κ3) is 3.64. The lowest BCUT2D eigenvalue weighted by molar-refractivity contribution is 1.29. The van der Waals surface area contributed by atoms with Crippen molar-refractivity contribution in [1.29, 1.82) is 0 Å². The maximum atomic E-state index is 2.35. The van der Waals surface area contributed by atoms with Crippen LogP contribution in [0, 0.1) is 0 Å². The molecule has 1 heterocycles. The molecule has 36 heavy (non-hydrogen) atoms. The minimum atomic E-state index is 1.14. The minimum absolute atomic E-state index is 1.14. The van der Waals surface area contributed by atoms with Crippen molar-refractivity contribution in [2.75, 3.05) is 4.90 Å². The van der Waals surface area contributed by atoms with Crippen LogP contribution >= 0.6 is 11.3 Å². The molecule has 0 bridgehead atoms. The number of anilines is 3. The Kier molecular flexibility index (Phi) is 5.04. The Labute approximate surface area is 214 Å². The Morgan fingerprint density at radius 3 is 1.83 bits per heavy atom.